The van der Waals surface area contributed by atoms with Crippen LogP contribution in [0.4, 0.5) is 5.69 Å². The zero-order valence-corrected chi connectivity index (χ0v) is 12.7. The maximum absolute atomic E-state index is 6.03. The van der Waals surface area contributed by atoms with Gasteiger partial charge >= 0.3 is 0 Å². The highest BCUT2D eigenvalue weighted by molar-refractivity contribution is 7.99. The fraction of sp³-hybridized carbons (Fsp3) is 0.286. The van der Waals surface area contributed by atoms with E-state index >= 15 is 0 Å². The minimum atomic E-state index is 0.607. The number of nitrogen functional groups attached to an aromatic ring is 1. The maximum atomic E-state index is 6.03. The number of anilines is 1. The summed E-state index contributed by atoms with van der Waals surface area (Å²) in [5.74, 6) is 1.24. The van der Waals surface area contributed by atoms with Crippen LogP contribution in [0.1, 0.15) is 11.4 Å². The number of hydrogen-bond donors (Lipinski definition) is 1. The van der Waals surface area contributed by atoms with E-state index < -0.39 is 0 Å². The summed E-state index contributed by atoms with van der Waals surface area (Å²) in [6.07, 6.45) is 0. The lowest BCUT2D eigenvalue weighted by Gasteiger charge is -2.12. The fourth-order valence-corrected chi connectivity index (χ4v) is 2.72. The summed E-state index contributed by atoms with van der Waals surface area (Å²) in [6, 6.07) is 5.51. The monoisotopic (exact) mass is 291 g/mol. The maximum Gasteiger partial charge on any atom is 0.192 e. The van der Waals surface area contributed by atoms with Crippen LogP contribution < -0.4 is 15.2 Å². The Morgan fingerprint density at radius 2 is 1.50 bits per heavy atom. The molecule has 1 heterocycles. The standard InChI is InChI=1S/C14H17N3O2S/c1-8-5-9(2)17-14(16-8)20-13-7-12(19-4)11(18-3)6-10(13)15/h5-7H,15H2,1-4H3. The Morgan fingerprint density at radius 1 is 0.950 bits per heavy atom. The van der Waals surface area contributed by atoms with E-state index in [0.29, 0.717) is 22.3 Å². The van der Waals surface area contributed by atoms with Crippen molar-refractivity contribution in [2.45, 2.75) is 23.9 Å². The number of methoxy groups -OCH3 is 2. The van der Waals surface area contributed by atoms with E-state index in [2.05, 4.69) is 9.97 Å². The summed E-state index contributed by atoms with van der Waals surface area (Å²) in [6.45, 7) is 3.88. The molecule has 2 N–H and O–H groups in total. The number of rotatable bonds is 4. The number of aromatic nitrogens is 2. The Hall–Kier alpha value is -1.95. The average Bonchev–Trinajstić information content (AvgIpc) is 2.39. The molecule has 0 radical (unpaired) electrons. The molecule has 0 saturated heterocycles. The summed E-state index contributed by atoms with van der Waals surface area (Å²) < 4.78 is 10.5. The van der Waals surface area contributed by atoms with Gasteiger partial charge < -0.3 is 15.2 Å². The van der Waals surface area contributed by atoms with Gasteiger partial charge in [-0.15, -0.1) is 0 Å². The van der Waals surface area contributed by atoms with E-state index in [1.165, 1.54) is 11.8 Å². The van der Waals surface area contributed by atoms with Crippen LogP contribution in [0, 0.1) is 13.8 Å². The molecule has 106 valence electrons. The summed E-state index contributed by atoms with van der Waals surface area (Å²) >= 11 is 1.41. The summed E-state index contributed by atoms with van der Waals surface area (Å²) in [5, 5.41) is 0.668. The number of nitrogens with two attached hydrogens (primary N) is 1. The second-order valence-corrected chi connectivity index (χ2v) is 5.29. The number of ether oxygens (including phenoxy) is 2. The molecule has 20 heavy (non-hydrogen) atoms. The molecule has 0 aliphatic heterocycles. The van der Waals surface area contributed by atoms with Crippen LogP contribution in [0.25, 0.3) is 0 Å². The summed E-state index contributed by atoms with van der Waals surface area (Å²) in [5.41, 5.74) is 8.50. The quantitative estimate of drug-likeness (QED) is 0.690. The minimum Gasteiger partial charge on any atom is -0.493 e. The molecule has 1 aromatic heterocycles. The third kappa shape index (κ3) is 3.14. The molecule has 0 spiro atoms. The van der Waals surface area contributed by atoms with Gasteiger partial charge in [-0.05, 0) is 31.7 Å². The second-order valence-electron chi connectivity index (χ2n) is 4.28. The van der Waals surface area contributed by atoms with Crippen LogP contribution in [0.3, 0.4) is 0 Å². The smallest absolute Gasteiger partial charge is 0.192 e. The zero-order chi connectivity index (χ0) is 14.7. The third-order valence-corrected chi connectivity index (χ3v) is 3.62. The van der Waals surface area contributed by atoms with Gasteiger partial charge in [0, 0.05) is 34.1 Å². The van der Waals surface area contributed by atoms with E-state index in [1.807, 2.05) is 26.0 Å². The molecule has 0 atom stereocenters. The van der Waals surface area contributed by atoms with Crippen molar-refractivity contribution in [2.24, 2.45) is 0 Å². The van der Waals surface area contributed by atoms with E-state index in [-0.39, 0.29) is 0 Å². The summed E-state index contributed by atoms with van der Waals surface area (Å²) in [7, 11) is 3.17. The number of nitrogens with zero attached hydrogens (tertiary/aromatic N) is 2. The van der Waals surface area contributed by atoms with Gasteiger partial charge in [-0.25, -0.2) is 9.97 Å². The summed E-state index contributed by atoms with van der Waals surface area (Å²) in [4.78, 5) is 9.63. The van der Waals surface area contributed by atoms with Crippen molar-refractivity contribution >= 4 is 17.4 Å². The van der Waals surface area contributed by atoms with Gasteiger partial charge in [-0.3, -0.25) is 0 Å². The first-order chi connectivity index (χ1) is 9.53. The largest absolute Gasteiger partial charge is 0.493 e. The number of aryl methyl sites for hydroxylation is 2. The van der Waals surface area contributed by atoms with Gasteiger partial charge in [0.05, 0.1) is 14.2 Å². The Morgan fingerprint density at radius 3 is 2.05 bits per heavy atom. The van der Waals surface area contributed by atoms with Crippen LogP contribution in [0.15, 0.2) is 28.3 Å². The van der Waals surface area contributed by atoms with Gasteiger partial charge in [0.15, 0.2) is 16.7 Å². The highest BCUT2D eigenvalue weighted by atomic mass is 32.2. The highest BCUT2D eigenvalue weighted by Crippen LogP contribution is 2.38. The number of hydrogen-bond acceptors (Lipinski definition) is 6. The van der Waals surface area contributed by atoms with Gasteiger partial charge in [0.25, 0.3) is 0 Å². The first-order valence-corrected chi connectivity index (χ1v) is 6.86. The Balaban J connectivity index is 2.37. The molecule has 0 fully saturated rings. The van der Waals surface area contributed by atoms with Crippen molar-refractivity contribution in [2.75, 3.05) is 20.0 Å². The third-order valence-electron chi connectivity index (χ3n) is 2.68. The van der Waals surface area contributed by atoms with Crippen molar-refractivity contribution < 1.29 is 9.47 Å². The molecule has 0 bridgehead atoms. The van der Waals surface area contributed by atoms with Crippen molar-refractivity contribution in [3.05, 3.63) is 29.6 Å². The van der Waals surface area contributed by atoms with E-state index in [1.54, 1.807) is 20.3 Å². The molecule has 2 rings (SSSR count). The van der Waals surface area contributed by atoms with Crippen LogP contribution in [0.2, 0.25) is 0 Å². The van der Waals surface area contributed by atoms with Crippen LogP contribution in [0.5, 0.6) is 11.5 Å². The average molecular weight is 291 g/mol. The van der Waals surface area contributed by atoms with Crippen molar-refractivity contribution in [1.29, 1.82) is 0 Å². The lowest BCUT2D eigenvalue weighted by atomic mass is 10.3. The SMILES string of the molecule is COc1cc(N)c(Sc2nc(C)cc(C)n2)cc1OC. The number of benzene rings is 1. The molecule has 1 aromatic carbocycles. The lowest BCUT2D eigenvalue weighted by Crippen LogP contribution is -1.97. The fourth-order valence-electron chi connectivity index (χ4n) is 1.80. The molecule has 6 heteroatoms. The molecule has 0 aliphatic rings. The first kappa shape index (κ1) is 14.5. The highest BCUT2D eigenvalue weighted by Gasteiger charge is 2.12. The predicted octanol–water partition coefficient (Wildman–Crippen LogP) is 2.84. The molecule has 0 amide bonds. The van der Waals surface area contributed by atoms with Crippen molar-refractivity contribution in [3.63, 3.8) is 0 Å². The molecule has 2 aromatic rings. The molecule has 0 saturated carbocycles. The van der Waals surface area contributed by atoms with Gasteiger partial charge in [-0.1, -0.05) is 0 Å². The lowest BCUT2D eigenvalue weighted by molar-refractivity contribution is 0.354. The predicted molar refractivity (Wildman–Crippen MR) is 79.6 cm³/mol. The Labute approximate surface area is 122 Å². The van der Waals surface area contributed by atoms with Crippen molar-refractivity contribution in [3.8, 4) is 11.5 Å². The van der Waals surface area contributed by atoms with Crippen LogP contribution >= 0.6 is 11.8 Å². The topological polar surface area (TPSA) is 70.3 Å². The van der Waals surface area contributed by atoms with E-state index in [9.17, 15) is 0 Å². The Kier molecular flexibility index (Phi) is 4.34. The van der Waals surface area contributed by atoms with Gasteiger partial charge in [-0.2, -0.15) is 0 Å². The molecule has 0 unspecified atom stereocenters. The Bertz CT molecular complexity index is 612. The van der Waals surface area contributed by atoms with Crippen LogP contribution in [-0.2, 0) is 0 Å². The van der Waals surface area contributed by atoms with E-state index in [4.69, 9.17) is 15.2 Å². The van der Waals surface area contributed by atoms with Gasteiger partial charge in [0.2, 0.25) is 0 Å². The van der Waals surface area contributed by atoms with Crippen LogP contribution in [-0.4, -0.2) is 24.2 Å². The zero-order valence-electron chi connectivity index (χ0n) is 11.9. The van der Waals surface area contributed by atoms with Crippen molar-refractivity contribution in [1.82, 2.24) is 9.97 Å². The molecule has 0 aliphatic carbocycles. The molecular formula is C14H17N3O2S. The van der Waals surface area contributed by atoms with E-state index in [0.717, 1.165) is 16.3 Å². The normalized spacial score (nSPS) is 10.4. The molecular weight excluding hydrogens is 274 g/mol. The van der Waals surface area contributed by atoms with Gasteiger partial charge in [0.1, 0.15) is 0 Å². The minimum absolute atomic E-state index is 0.607. The second kappa shape index (κ2) is 6.00. The first-order valence-electron chi connectivity index (χ1n) is 6.05. The molecule has 5 nitrogen and oxygen atoms in total.